The molecule has 2 rings (SSSR count). The number of aliphatic hydroxyl groups excluding tert-OH is 1. The molecule has 8 nitrogen and oxygen atoms in total. The van der Waals surface area contributed by atoms with Crippen LogP contribution in [-0.2, 0) is 17.8 Å². The summed E-state index contributed by atoms with van der Waals surface area (Å²) >= 11 is 0. The van der Waals surface area contributed by atoms with Crippen molar-refractivity contribution in [1.29, 1.82) is 0 Å². The molecule has 2 amide bonds. The first-order valence-corrected chi connectivity index (χ1v) is 10.7. The standard InChI is InChI=1S/C24H34N4O4/c1-17(26-23(31)32)24(2,3)22(30)27-28(15-19-12-8-5-9-13-19)16-21(29)20(25)14-18-10-6-4-7-11-18/h4-13,17,20-21,26,29H,14-16,25H2,1-3H3,(H,27,30)(H,31,32)/t17-,20-,21-/m0/s1. The Morgan fingerprint density at radius 1 is 1.03 bits per heavy atom. The van der Waals surface area contributed by atoms with Crippen LogP contribution in [0, 0.1) is 5.41 Å². The number of amides is 2. The summed E-state index contributed by atoms with van der Waals surface area (Å²) in [6.07, 6.45) is -1.58. The highest BCUT2D eigenvalue weighted by Gasteiger charge is 2.36. The van der Waals surface area contributed by atoms with Gasteiger partial charge in [-0.3, -0.25) is 10.2 Å². The number of hydrogen-bond donors (Lipinski definition) is 5. The Morgan fingerprint density at radius 2 is 1.56 bits per heavy atom. The van der Waals surface area contributed by atoms with Crippen LogP contribution in [0.5, 0.6) is 0 Å². The zero-order chi connectivity index (χ0) is 23.7. The van der Waals surface area contributed by atoms with E-state index in [4.69, 9.17) is 10.8 Å². The summed E-state index contributed by atoms with van der Waals surface area (Å²) in [4.78, 5) is 24.0. The molecular formula is C24H34N4O4. The van der Waals surface area contributed by atoms with Crippen molar-refractivity contribution in [2.45, 2.75) is 51.9 Å². The third-order valence-corrected chi connectivity index (χ3v) is 5.70. The van der Waals surface area contributed by atoms with Crippen molar-refractivity contribution in [2.24, 2.45) is 11.1 Å². The van der Waals surface area contributed by atoms with E-state index in [-0.39, 0.29) is 12.5 Å². The lowest BCUT2D eigenvalue weighted by Gasteiger charge is -2.34. The summed E-state index contributed by atoms with van der Waals surface area (Å²) in [5.74, 6) is -0.362. The molecule has 32 heavy (non-hydrogen) atoms. The summed E-state index contributed by atoms with van der Waals surface area (Å²) in [7, 11) is 0. The van der Waals surface area contributed by atoms with E-state index in [1.54, 1.807) is 25.8 Å². The number of rotatable bonds is 11. The van der Waals surface area contributed by atoms with Crippen LogP contribution in [0.1, 0.15) is 31.9 Å². The normalized spacial score (nSPS) is 14.4. The van der Waals surface area contributed by atoms with Gasteiger partial charge in [0, 0.05) is 25.2 Å². The SMILES string of the molecule is C[C@H](NC(=O)O)C(C)(C)C(=O)NN(Cc1ccccc1)C[C@H](O)[C@@H](N)Cc1ccccc1. The number of aliphatic hydroxyl groups is 1. The Labute approximate surface area is 189 Å². The van der Waals surface area contributed by atoms with Gasteiger partial charge >= 0.3 is 6.09 Å². The molecule has 0 bridgehead atoms. The van der Waals surface area contributed by atoms with Crippen LogP contribution in [0.4, 0.5) is 4.79 Å². The second-order valence-electron chi connectivity index (χ2n) is 8.62. The maximum atomic E-state index is 13.0. The van der Waals surface area contributed by atoms with Crippen molar-refractivity contribution in [3.05, 3.63) is 71.8 Å². The topological polar surface area (TPSA) is 128 Å². The van der Waals surface area contributed by atoms with Gasteiger partial charge in [0.25, 0.3) is 0 Å². The van der Waals surface area contributed by atoms with Crippen LogP contribution in [0.2, 0.25) is 0 Å². The van der Waals surface area contributed by atoms with Crippen LogP contribution in [0.3, 0.4) is 0 Å². The molecule has 0 aliphatic carbocycles. The molecule has 0 saturated carbocycles. The minimum absolute atomic E-state index is 0.117. The van der Waals surface area contributed by atoms with Gasteiger partial charge in [0.2, 0.25) is 5.91 Å². The number of nitrogens with zero attached hydrogens (tertiary/aromatic N) is 1. The lowest BCUT2D eigenvalue weighted by atomic mass is 9.84. The highest BCUT2D eigenvalue weighted by Crippen LogP contribution is 2.21. The fraction of sp³-hybridized carbons (Fsp3) is 0.417. The summed E-state index contributed by atoms with van der Waals surface area (Å²) in [5.41, 5.74) is 10.0. The molecule has 0 aliphatic heterocycles. The molecule has 2 aromatic rings. The van der Waals surface area contributed by atoms with Crippen molar-refractivity contribution in [2.75, 3.05) is 6.54 Å². The molecule has 0 saturated heterocycles. The number of hydrogen-bond acceptors (Lipinski definition) is 5. The van der Waals surface area contributed by atoms with Gasteiger partial charge < -0.3 is 21.3 Å². The fourth-order valence-electron chi connectivity index (χ4n) is 3.19. The summed E-state index contributed by atoms with van der Waals surface area (Å²) in [5, 5.41) is 23.7. The van der Waals surface area contributed by atoms with E-state index in [0.29, 0.717) is 13.0 Å². The Balaban J connectivity index is 2.11. The minimum atomic E-state index is -1.19. The van der Waals surface area contributed by atoms with Gasteiger partial charge in [-0.05, 0) is 38.3 Å². The summed E-state index contributed by atoms with van der Waals surface area (Å²) in [6.45, 7) is 5.45. The van der Waals surface area contributed by atoms with E-state index in [1.807, 2.05) is 60.7 Å². The molecule has 0 spiro atoms. The summed E-state index contributed by atoms with van der Waals surface area (Å²) in [6, 6.07) is 18.1. The molecule has 174 valence electrons. The Hall–Kier alpha value is -2.94. The fourth-order valence-corrected chi connectivity index (χ4v) is 3.19. The van der Waals surface area contributed by atoms with E-state index >= 15 is 0 Å². The van der Waals surface area contributed by atoms with E-state index in [0.717, 1.165) is 11.1 Å². The second kappa shape index (κ2) is 11.6. The molecule has 3 atom stereocenters. The lowest BCUT2D eigenvalue weighted by molar-refractivity contribution is -0.136. The number of carbonyl (C=O) groups excluding carboxylic acids is 1. The zero-order valence-electron chi connectivity index (χ0n) is 18.9. The largest absolute Gasteiger partial charge is 0.465 e. The van der Waals surface area contributed by atoms with Crippen molar-refractivity contribution < 1.29 is 19.8 Å². The number of nitrogens with two attached hydrogens (primary N) is 1. The third kappa shape index (κ3) is 7.64. The molecular weight excluding hydrogens is 408 g/mol. The van der Waals surface area contributed by atoms with E-state index in [2.05, 4.69) is 10.7 Å². The quantitative estimate of drug-likeness (QED) is 0.339. The highest BCUT2D eigenvalue weighted by molar-refractivity contribution is 5.82. The lowest BCUT2D eigenvalue weighted by Crippen LogP contribution is -2.57. The third-order valence-electron chi connectivity index (χ3n) is 5.70. The first-order chi connectivity index (χ1) is 15.1. The molecule has 0 heterocycles. The first-order valence-electron chi connectivity index (χ1n) is 10.7. The number of carbonyl (C=O) groups is 2. The van der Waals surface area contributed by atoms with Crippen LogP contribution in [0.15, 0.2) is 60.7 Å². The maximum absolute atomic E-state index is 13.0. The minimum Gasteiger partial charge on any atom is -0.465 e. The number of benzene rings is 2. The number of carboxylic acid groups (broad SMARTS) is 1. The predicted octanol–water partition coefficient (Wildman–Crippen LogP) is 2.13. The predicted molar refractivity (Wildman–Crippen MR) is 124 cm³/mol. The van der Waals surface area contributed by atoms with Crippen molar-refractivity contribution in [1.82, 2.24) is 15.8 Å². The van der Waals surface area contributed by atoms with Crippen LogP contribution in [0.25, 0.3) is 0 Å². The van der Waals surface area contributed by atoms with Gasteiger partial charge in [-0.2, -0.15) is 0 Å². The van der Waals surface area contributed by atoms with Crippen LogP contribution < -0.4 is 16.5 Å². The average Bonchev–Trinajstić information content (AvgIpc) is 2.74. The van der Waals surface area contributed by atoms with Gasteiger partial charge in [-0.15, -0.1) is 0 Å². The zero-order valence-corrected chi connectivity index (χ0v) is 18.9. The van der Waals surface area contributed by atoms with Gasteiger partial charge in [0.1, 0.15) is 0 Å². The molecule has 0 radical (unpaired) electrons. The Bertz CT molecular complexity index is 861. The van der Waals surface area contributed by atoms with Gasteiger partial charge in [0.05, 0.1) is 11.5 Å². The molecule has 8 heteroatoms. The van der Waals surface area contributed by atoms with Crippen molar-refractivity contribution >= 4 is 12.0 Å². The van der Waals surface area contributed by atoms with Gasteiger partial charge in [-0.25, -0.2) is 9.80 Å². The van der Waals surface area contributed by atoms with E-state index in [1.165, 1.54) is 0 Å². The molecule has 6 N–H and O–H groups in total. The number of hydrazine groups is 1. The Morgan fingerprint density at radius 3 is 2.09 bits per heavy atom. The molecule has 0 aliphatic rings. The maximum Gasteiger partial charge on any atom is 0.404 e. The molecule has 0 unspecified atom stereocenters. The number of nitrogens with one attached hydrogen (secondary N) is 2. The van der Waals surface area contributed by atoms with Crippen molar-refractivity contribution in [3.63, 3.8) is 0 Å². The molecule has 0 aromatic heterocycles. The van der Waals surface area contributed by atoms with E-state index < -0.39 is 29.7 Å². The molecule has 2 aromatic carbocycles. The van der Waals surface area contributed by atoms with Crippen LogP contribution >= 0.6 is 0 Å². The smallest absolute Gasteiger partial charge is 0.404 e. The second-order valence-corrected chi connectivity index (χ2v) is 8.62. The molecule has 0 fully saturated rings. The monoisotopic (exact) mass is 442 g/mol. The highest BCUT2D eigenvalue weighted by atomic mass is 16.4. The average molecular weight is 443 g/mol. The van der Waals surface area contributed by atoms with Gasteiger partial charge in [-0.1, -0.05) is 60.7 Å². The van der Waals surface area contributed by atoms with Gasteiger partial charge in [0.15, 0.2) is 0 Å². The first kappa shape index (κ1) is 25.3. The van der Waals surface area contributed by atoms with Crippen LogP contribution in [-0.4, -0.2) is 52.0 Å². The van der Waals surface area contributed by atoms with E-state index in [9.17, 15) is 14.7 Å². The summed E-state index contributed by atoms with van der Waals surface area (Å²) < 4.78 is 0. The van der Waals surface area contributed by atoms with Crippen molar-refractivity contribution in [3.8, 4) is 0 Å². The Kier molecular flexibility index (Phi) is 9.19.